The number of ether oxygens (including phenoxy) is 2. The predicted octanol–water partition coefficient (Wildman–Crippen LogP) is 2.57. The Morgan fingerprint density at radius 1 is 1.40 bits per heavy atom. The Labute approximate surface area is 154 Å². The van der Waals surface area contributed by atoms with E-state index in [2.05, 4.69) is 15.2 Å². The van der Waals surface area contributed by atoms with Crippen LogP contribution in [-0.2, 0) is 9.53 Å². The summed E-state index contributed by atoms with van der Waals surface area (Å²) in [5, 5.41) is 3.95. The number of hydrogen-bond donors (Lipinski definition) is 1. The van der Waals surface area contributed by atoms with Crippen LogP contribution in [-0.4, -0.2) is 56.7 Å². The van der Waals surface area contributed by atoms with Crippen molar-refractivity contribution in [3.8, 4) is 5.75 Å². The summed E-state index contributed by atoms with van der Waals surface area (Å²) >= 11 is 5.93. The van der Waals surface area contributed by atoms with E-state index in [4.69, 9.17) is 21.1 Å². The molecule has 138 valence electrons. The summed E-state index contributed by atoms with van der Waals surface area (Å²) in [4.78, 5) is 18.3. The Bertz CT molecular complexity index is 587. The van der Waals surface area contributed by atoms with E-state index in [9.17, 15) is 4.79 Å². The molecule has 1 aliphatic rings. The van der Waals surface area contributed by atoms with Gasteiger partial charge in [0.2, 0.25) is 0 Å². The normalized spacial score (nSPS) is 15.8. The Morgan fingerprint density at radius 3 is 2.80 bits per heavy atom. The molecule has 1 aliphatic heterocycles. The van der Waals surface area contributed by atoms with Crippen LogP contribution in [0.4, 0.5) is 0 Å². The van der Waals surface area contributed by atoms with Gasteiger partial charge in [0.25, 0.3) is 0 Å². The zero-order valence-electron chi connectivity index (χ0n) is 14.8. The average molecular weight is 368 g/mol. The second-order valence-electron chi connectivity index (χ2n) is 5.79. The quantitative estimate of drug-likeness (QED) is 0.362. The number of halogens is 1. The van der Waals surface area contributed by atoms with E-state index < -0.39 is 0 Å². The lowest BCUT2D eigenvalue weighted by molar-refractivity contribution is -0.149. The second kappa shape index (κ2) is 10.1. The van der Waals surface area contributed by atoms with Gasteiger partial charge in [0.05, 0.1) is 19.1 Å². The van der Waals surface area contributed by atoms with E-state index in [0.29, 0.717) is 24.8 Å². The molecule has 0 radical (unpaired) electrons. The molecule has 0 saturated carbocycles. The monoisotopic (exact) mass is 367 g/mol. The Morgan fingerprint density at radius 2 is 2.16 bits per heavy atom. The second-order valence-corrected chi connectivity index (χ2v) is 6.23. The van der Waals surface area contributed by atoms with Crippen molar-refractivity contribution in [2.75, 3.05) is 39.9 Å². The minimum Gasteiger partial charge on any atom is -0.492 e. The first-order valence-electron chi connectivity index (χ1n) is 8.64. The molecule has 6 nitrogen and oxygen atoms in total. The fraction of sp³-hybridized carbons (Fsp3) is 0.556. The third-order valence-electron chi connectivity index (χ3n) is 4.08. The van der Waals surface area contributed by atoms with E-state index in [0.717, 1.165) is 37.6 Å². The number of carbonyl (C=O) groups excluding carboxylic acids is 1. The molecule has 0 aliphatic carbocycles. The number of likely N-dealkylation sites (tertiary alicyclic amines) is 1. The van der Waals surface area contributed by atoms with Crippen molar-refractivity contribution in [3.63, 3.8) is 0 Å². The summed E-state index contributed by atoms with van der Waals surface area (Å²) in [5.74, 6) is 1.50. The molecule has 1 heterocycles. The van der Waals surface area contributed by atoms with Crippen LogP contribution < -0.4 is 10.1 Å². The zero-order chi connectivity index (χ0) is 18.1. The predicted molar refractivity (Wildman–Crippen MR) is 99.2 cm³/mol. The summed E-state index contributed by atoms with van der Waals surface area (Å²) in [6, 6.07) is 7.34. The highest BCUT2D eigenvalue weighted by atomic mass is 35.5. The van der Waals surface area contributed by atoms with Gasteiger partial charge in [-0.25, -0.2) is 0 Å². The highest BCUT2D eigenvalue weighted by molar-refractivity contribution is 6.30. The standard InChI is InChI=1S/C18H26ClN3O3/c1-3-24-17(23)14-7-10-22(11-8-14)18(20-2)21-9-12-25-16-6-4-5-15(19)13-16/h4-6,13-14H,3,7-12H2,1-2H3,(H,20,21). The fourth-order valence-electron chi connectivity index (χ4n) is 2.81. The number of esters is 1. The molecule has 1 N–H and O–H groups in total. The molecular formula is C18H26ClN3O3. The van der Waals surface area contributed by atoms with Gasteiger partial charge in [-0.3, -0.25) is 9.79 Å². The van der Waals surface area contributed by atoms with E-state index >= 15 is 0 Å². The van der Waals surface area contributed by atoms with Crippen LogP contribution in [0.5, 0.6) is 5.75 Å². The third-order valence-corrected chi connectivity index (χ3v) is 4.31. The molecule has 1 saturated heterocycles. The van der Waals surface area contributed by atoms with Crippen molar-refractivity contribution in [2.45, 2.75) is 19.8 Å². The number of benzene rings is 1. The Balaban J connectivity index is 1.71. The maximum absolute atomic E-state index is 11.8. The summed E-state index contributed by atoms with van der Waals surface area (Å²) in [6.45, 7) is 5.01. The zero-order valence-corrected chi connectivity index (χ0v) is 15.6. The molecule has 0 aromatic heterocycles. The van der Waals surface area contributed by atoms with Crippen molar-refractivity contribution in [1.29, 1.82) is 0 Å². The summed E-state index contributed by atoms with van der Waals surface area (Å²) < 4.78 is 10.8. The van der Waals surface area contributed by atoms with E-state index in [1.54, 1.807) is 13.1 Å². The molecule has 0 spiro atoms. The highest BCUT2D eigenvalue weighted by Crippen LogP contribution is 2.19. The van der Waals surface area contributed by atoms with Crippen molar-refractivity contribution in [3.05, 3.63) is 29.3 Å². The maximum Gasteiger partial charge on any atom is 0.309 e. The van der Waals surface area contributed by atoms with Gasteiger partial charge in [0, 0.05) is 25.2 Å². The minimum atomic E-state index is -0.0833. The summed E-state index contributed by atoms with van der Waals surface area (Å²) in [7, 11) is 1.76. The van der Waals surface area contributed by atoms with Crippen molar-refractivity contribution < 1.29 is 14.3 Å². The Kier molecular flexibility index (Phi) is 7.85. The first kappa shape index (κ1) is 19.4. The van der Waals surface area contributed by atoms with Gasteiger partial charge in [-0.15, -0.1) is 0 Å². The lowest BCUT2D eigenvalue weighted by Gasteiger charge is -2.33. The van der Waals surface area contributed by atoms with Crippen LogP contribution in [0.15, 0.2) is 29.3 Å². The van der Waals surface area contributed by atoms with Gasteiger partial charge in [-0.2, -0.15) is 0 Å². The molecular weight excluding hydrogens is 342 g/mol. The molecule has 1 aromatic carbocycles. The first-order valence-corrected chi connectivity index (χ1v) is 9.02. The number of guanidine groups is 1. The van der Waals surface area contributed by atoms with E-state index in [1.165, 1.54) is 0 Å². The maximum atomic E-state index is 11.8. The van der Waals surface area contributed by atoms with Gasteiger partial charge in [-0.05, 0) is 38.0 Å². The molecule has 0 atom stereocenters. The van der Waals surface area contributed by atoms with Crippen LogP contribution in [0.1, 0.15) is 19.8 Å². The van der Waals surface area contributed by atoms with Crippen molar-refractivity contribution in [1.82, 2.24) is 10.2 Å². The SMILES string of the molecule is CCOC(=O)C1CCN(C(=NC)NCCOc2cccc(Cl)c2)CC1. The largest absolute Gasteiger partial charge is 0.492 e. The lowest BCUT2D eigenvalue weighted by atomic mass is 9.97. The molecule has 1 fully saturated rings. The summed E-state index contributed by atoms with van der Waals surface area (Å²) in [6.07, 6.45) is 1.58. The van der Waals surface area contributed by atoms with Crippen LogP contribution in [0, 0.1) is 5.92 Å². The molecule has 0 amide bonds. The highest BCUT2D eigenvalue weighted by Gasteiger charge is 2.27. The molecule has 25 heavy (non-hydrogen) atoms. The summed E-state index contributed by atoms with van der Waals surface area (Å²) in [5.41, 5.74) is 0. The van der Waals surface area contributed by atoms with E-state index in [1.807, 2.05) is 25.1 Å². The number of rotatable bonds is 6. The average Bonchev–Trinajstić information content (AvgIpc) is 2.62. The third kappa shape index (κ3) is 6.12. The number of carbonyl (C=O) groups is 1. The number of nitrogens with zero attached hydrogens (tertiary/aromatic N) is 2. The van der Waals surface area contributed by atoms with Crippen LogP contribution in [0.2, 0.25) is 5.02 Å². The van der Waals surface area contributed by atoms with Gasteiger partial charge in [0.1, 0.15) is 12.4 Å². The smallest absolute Gasteiger partial charge is 0.309 e. The first-order chi connectivity index (χ1) is 12.1. The molecule has 7 heteroatoms. The molecule has 0 bridgehead atoms. The number of aliphatic imine (C=N–C) groups is 1. The van der Waals surface area contributed by atoms with Crippen LogP contribution in [0.25, 0.3) is 0 Å². The lowest BCUT2D eigenvalue weighted by Crippen LogP contribution is -2.47. The molecule has 1 aromatic rings. The number of hydrogen-bond acceptors (Lipinski definition) is 4. The van der Waals surface area contributed by atoms with E-state index in [-0.39, 0.29) is 11.9 Å². The van der Waals surface area contributed by atoms with Gasteiger partial charge in [0.15, 0.2) is 5.96 Å². The van der Waals surface area contributed by atoms with Crippen molar-refractivity contribution in [2.24, 2.45) is 10.9 Å². The van der Waals surface area contributed by atoms with Crippen molar-refractivity contribution >= 4 is 23.5 Å². The number of nitrogens with one attached hydrogen (secondary N) is 1. The number of piperidine rings is 1. The van der Waals surface area contributed by atoms with Crippen LogP contribution in [0.3, 0.4) is 0 Å². The topological polar surface area (TPSA) is 63.2 Å². The molecule has 2 rings (SSSR count). The van der Waals surface area contributed by atoms with Gasteiger partial charge >= 0.3 is 5.97 Å². The minimum absolute atomic E-state index is 0.000434. The van der Waals surface area contributed by atoms with Gasteiger partial charge in [-0.1, -0.05) is 17.7 Å². The molecule has 0 unspecified atom stereocenters. The Hall–Kier alpha value is -1.95. The van der Waals surface area contributed by atoms with Crippen LogP contribution >= 0.6 is 11.6 Å². The van der Waals surface area contributed by atoms with Gasteiger partial charge < -0.3 is 19.7 Å². The fourth-order valence-corrected chi connectivity index (χ4v) is 2.99.